The van der Waals surface area contributed by atoms with E-state index in [0.29, 0.717) is 31.4 Å². The van der Waals surface area contributed by atoms with Crippen LogP contribution in [0.4, 0.5) is 0 Å². The number of carboxylic acids is 1. The number of hydrogen-bond acceptors (Lipinski definition) is 4. The number of aryl methyl sites for hydroxylation is 1. The molecule has 0 unspecified atom stereocenters. The van der Waals surface area contributed by atoms with Crippen molar-refractivity contribution in [1.29, 1.82) is 0 Å². The Labute approximate surface area is 97.3 Å². The second-order valence-electron chi connectivity index (χ2n) is 4.18. The van der Waals surface area contributed by atoms with Gasteiger partial charge in [0.05, 0.1) is 10.7 Å². The predicted molar refractivity (Wildman–Crippen MR) is 59.6 cm³/mol. The molecule has 0 bridgehead atoms. The fourth-order valence-corrected chi connectivity index (χ4v) is 2.83. The van der Waals surface area contributed by atoms with Crippen molar-refractivity contribution in [3.05, 3.63) is 16.1 Å². The molecule has 0 amide bonds. The SMILES string of the molecule is Cc1nc(C2(C(=O)O)CCC(=O)CC2)cs1. The molecule has 0 spiro atoms. The highest BCUT2D eigenvalue weighted by Crippen LogP contribution is 2.38. The van der Waals surface area contributed by atoms with Crippen LogP contribution in [0.25, 0.3) is 0 Å². The van der Waals surface area contributed by atoms with Gasteiger partial charge in [0.1, 0.15) is 11.2 Å². The predicted octanol–water partition coefficient (Wildman–Crippen LogP) is 1.92. The Balaban J connectivity index is 2.36. The van der Waals surface area contributed by atoms with E-state index in [4.69, 9.17) is 0 Å². The van der Waals surface area contributed by atoms with Crippen molar-refractivity contribution in [1.82, 2.24) is 4.98 Å². The zero-order valence-corrected chi connectivity index (χ0v) is 9.84. The summed E-state index contributed by atoms with van der Waals surface area (Å²) in [5.74, 6) is -0.700. The van der Waals surface area contributed by atoms with Gasteiger partial charge in [-0.05, 0) is 19.8 Å². The Morgan fingerprint density at radius 3 is 2.56 bits per heavy atom. The third-order valence-corrected chi connectivity index (χ3v) is 3.95. The third-order valence-electron chi connectivity index (χ3n) is 3.18. The van der Waals surface area contributed by atoms with Crippen LogP contribution >= 0.6 is 11.3 Å². The first-order valence-electron chi connectivity index (χ1n) is 5.22. The van der Waals surface area contributed by atoms with E-state index in [-0.39, 0.29) is 5.78 Å². The van der Waals surface area contributed by atoms with Crippen LogP contribution in [-0.2, 0) is 15.0 Å². The second-order valence-corrected chi connectivity index (χ2v) is 5.24. The molecule has 2 rings (SSSR count). The number of thiazole rings is 1. The molecule has 0 aromatic carbocycles. The van der Waals surface area contributed by atoms with E-state index < -0.39 is 11.4 Å². The summed E-state index contributed by atoms with van der Waals surface area (Å²) in [6, 6.07) is 0. The normalized spacial score (nSPS) is 19.7. The van der Waals surface area contributed by atoms with Crippen molar-refractivity contribution in [3.63, 3.8) is 0 Å². The van der Waals surface area contributed by atoms with E-state index in [1.165, 1.54) is 11.3 Å². The smallest absolute Gasteiger partial charge is 0.315 e. The molecular weight excluding hydrogens is 226 g/mol. The number of rotatable bonds is 2. The first-order chi connectivity index (χ1) is 7.54. The van der Waals surface area contributed by atoms with Crippen molar-refractivity contribution in [2.24, 2.45) is 0 Å². The largest absolute Gasteiger partial charge is 0.481 e. The van der Waals surface area contributed by atoms with Crippen LogP contribution in [0.2, 0.25) is 0 Å². The molecule has 1 aliphatic rings. The minimum absolute atomic E-state index is 0.156. The van der Waals surface area contributed by atoms with Gasteiger partial charge in [-0.15, -0.1) is 11.3 Å². The van der Waals surface area contributed by atoms with Crippen LogP contribution in [0.3, 0.4) is 0 Å². The van der Waals surface area contributed by atoms with Crippen molar-refractivity contribution in [3.8, 4) is 0 Å². The molecule has 0 aliphatic heterocycles. The average Bonchev–Trinajstić information content (AvgIpc) is 2.66. The molecular formula is C11H13NO3S. The molecule has 1 aliphatic carbocycles. The van der Waals surface area contributed by atoms with Crippen LogP contribution in [0.5, 0.6) is 0 Å². The number of hydrogen-bond donors (Lipinski definition) is 1. The Hall–Kier alpha value is -1.23. The van der Waals surface area contributed by atoms with E-state index >= 15 is 0 Å². The molecule has 4 nitrogen and oxygen atoms in total. The summed E-state index contributed by atoms with van der Waals surface area (Å²) >= 11 is 1.46. The highest BCUT2D eigenvalue weighted by atomic mass is 32.1. The maximum atomic E-state index is 11.4. The highest BCUT2D eigenvalue weighted by molar-refractivity contribution is 7.09. The number of aromatic nitrogens is 1. The maximum Gasteiger partial charge on any atom is 0.315 e. The number of aliphatic carboxylic acids is 1. The molecule has 0 saturated heterocycles. The Morgan fingerprint density at radius 2 is 2.12 bits per heavy atom. The minimum atomic E-state index is -0.932. The van der Waals surface area contributed by atoms with Crippen LogP contribution < -0.4 is 0 Å². The minimum Gasteiger partial charge on any atom is -0.481 e. The average molecular weight is 239 g/mol. The summed E-state index contributed by atoms with van der Waals surface area (Å²) in [7, 11) is 0. The van der Waals surface area contributed by atoms with Gasteiger partial charge >= 0.3 is 5.97 Å². The number of nitrogens with zero attached hydrogens (tertiary/aromatic N) is 1. The highest BCUT2D eigenvalue weighted by Gasteiger charge is 2.44. The van der Waals surface area contributed by atoms with Crippen molar-refractivity contribution < 1.29 is 14.7 Å². The lowest BCUT2D eigenvalue weighted by molar-refractivity contribution is -0.146. The molecule has 1 aromatic heterocycles. The van der Waals surface area contributed by atoms with Gasteiger partial charge in [0, 0.05) is 18.2 Å². The number of Topliss-reactive ketones (excluding diaryl/α,β-unsaturated/α-hetero) is 1. The Bertz CT molecular complexity index is 428. The lowest BCUT2D eigenvalue weighted by atomic mass is 9.72. The van der Waals surface area contributed by atoms with E-state index in [1.54, 1.807) is 5.38 Å². The van der Waals surface area contributed by atoms with Gasteiger partial charge in [-0.25, -0.2) is 4.98 Å². The molecule has 5 heteroatoms. The van der Waals surface area contributed by atoms with Crippen molar-refractivity contribution in [2.75, 3.05) is 0 Å². The lowest BCUT2D eigenvalue weighted by Crippen LogP contribution is -2.40. The first kappa shape index (κ1) is 11.3. The molecule has 1 heterocycles. The van der Waals surface area contributed by atoms with Gasteiger partial charge in [0.25, 0.3) is 0 Å². The van der Waals surface area contributed by atoms with Gasteiger partial charge in [-0.2, -0.15) is 0 Å². The molecule has 0 radical (unpaired) electrons. The van der Waals surface area contributed by atoms with Gasteiger partial charge in [0.15, 0.2) is 0 Å². The van der Waals surface area contributed by atoms with Crippen LogP contribution in [0.1, 0.15) is 36.4 Å². The van der Waals surface area contributed by atoms with E-state index in [1.807, 2.05) is 6.92 Å². The second kappa shape index (κ2) is 3.97. The van der Waals surface area contributed by atoms with Gasteiger partial charge in [-0.3, -0.25) is 9.59 Å². The summed E-state index contributed by atoms with van der Waals surface area (Å²) < 4.78 is 0. The fourth-order valence-electron chi connectivity index (χ4n) is 2.12. The maximum absolute atomic E-state index is 11.4. The zero-order chi connectivity index (χ0) is 11.8. The molecule has 1 fully saturated rings. The van der Waals surface area contributed by atoms with Gasteiger partial charge < -0.3 is 5.11 Å². The third kappa shape index (κ3) is 1.75. The Kier molecular flexibility index (Phi) is 2.80. The molecule has 1 N–H and O–H groups in total. The van der Waals surface area contributed by atoms with Gasteiger partial charge in [0.2, 0.25) is 0 Å². The summed E-state index contributed by atoms with van der Waals surface area (Å²) in [5, 5.41) is 12.1. The summed E-state index contributed by atoms with van der Waals surface area (Å²) in [5.41, 5.74) is -0.312. The summed E-state index contributed by atoms with van der Waals surface area (Å²) in [6.07, 6.45) is 1.46. The number of carboxylic acid groups (broad SMARTS) is 1. The fraction of sp³-hybridized carbons (Fsp3) is 0.545. The summed E-state index contributed by atoms with van der Waals surface area (Å²) in [6.45, 7) is 1.86. The Morgan fingerprint density at radius 1 is 1.50 bits per heavy atom. The van der Waals surface area contributed by atoms with E-state index in [0.717, 1.165) is 5.01 Å². The molecule has 16 heavy (non-hydrogen) atoms. The van der Waals surface area contributed by atoms with E-state index in [2.05, 4.69) is 4.98 Å². The number of carbonyl (C=O) groups excluding carboxylic acids is 1. The molecule has 1 saturated carbocycles. The van der Waals surface area contributed by atoms with Crippen LogP contribution in [-0.4, -0.2) is 21.8 Å². The summed E-state index contributed by atoms with van der Waals surface area (Å²) in [4.78, 5) is 26.9. The monoisotopic (exact) mass is 239 g/mol. The van der Waals surface area contributed by atoms with Crippen molar-refractivity contribution in [2.45, 2.75) is 38.0 Å². The molecule has 86 valence electrons. The quantitative estimate of drug-likeness (QED) is 0.856. The lowest BCUT2D eigenvalue weighted by Gasteiger charge is -2.30. The standard InChI is InChI=1S/C11H13NO3S/c1-7-12-9(6-16-7)11(10(14)15)4-2-8(13)3-5-11/h6H,2-5H2,1H3,(H,14,15). The number of carbonyl (C=O) groups is 2. The first-order valence-corrected chi connectivity index (χ1v) is 6.10. The van der Waals surface area contributed by atoms with Crippen LogP contribution in [0.15, 0.2) is 5.38 Å². The number of ketones is 1. The topological polar surface area (TPSA) is 67.3 Å². The van der Waals surface area contributed by atoms with Crippen molar-refractivity contribution >= 4 is 23.1 Å². The zero-order valence-electron chi connectivity index (χ0n) is 9.02. The van der Waals surface area contributed by atoms with Crippen LogP contribution in [0, 0.1) is 6.92 Å². The molecule has 1 aromatic rings. The molecule has 0 atom stereocenters. The van der Waals surface area contributed by atoms with Gasteiger partial charge in [-0.1, -0.05) is 0 Å². The van der Waals surface area contributed by atoms with E-state index in [9.17, 15) is 14.7 Å².